The molecule has 4 aliphatic rings. The molecule has 5 aromatic rings. The third-order valence-electron chi connectivity index (χ3n) is 9.38. The Morgan fingerprint density at radius 1 is 1.26 bits per heavy atom. The highest BCUT2D eigenvalue weighted by Gasteiger charge is 2.51. The van der Waals surface area contributed by atoms with Crippen molar-refractivity contribution in [3.8, 4) is 29.0 Å². The van der Waals surface area contributed by atoms with Gasteiger partial charge in [-0.15, -0.1) is 11.3 Å². The molecule has 0 unspecified atom stereocenters. The largest absolute Gasteiger partial charge is 0.489 e. The number of nitrogens with one attached hydrogen (secondary N) is 1. The van der Waals surface area contributed by atoms with Crippen molar-refractivity contribution in [2.45, 2.75) is 31.3 Å². The van der Waals surface area contributed by atoms with E-state index in [1.807, 2.05) is 24.0 Å². The highest BCUT2D eigenvalue weighted by atomic mass is 35.5. The molecule has 2 bridgehead atoms. The summed E-state index contributed by atoms with van der Waals surface area (Å²) in [4.78, 5) is 15.6. The van der Waals surface area contributed by atoms with E-state index in [1.165, 1.54) is 12.1 Å². The number of halogens is 3. The number of hydrogen-bond acceptors (Lipinski definition) is 11. The first kappa shape index (κ1) is 28.9. The average molecular weight is 661 g/mol. The van der Waals surface area contributed by atoms with Crippen molar-refractivity contribution >= 4 is 60.6 Å². The molecule has 2 saturated heterocycles. The van der Waals surface area contributed by atoms with Crippen LogP contribution in [0.2, 0.25) is 5.02 Å². The standard InChI is InChI=1S/C32H27ClF2N8O2S/c1-14(16-3-2-6-39-28(16)37)43-7-8-44-26-22-25(41-31(42-30(22)43)45-13-32-9-15(10-32)12-40-32)24(35)21(23(26)33)17-4-5-19(34)27-20(17)18(11-36)29(38)46-27/h2-6,14-15,40H,7-10,12-13,38H2,1H3,(H2,37,39)/t14-,15?,32?/m1/s1. The fourth-order valence-electron chi connectivity index (χ4n) is 7.13. The minimum Gasteiger partial charge on any atom is -0.489 e. The normalized spacial score (nSPS) is 20.7. The highest BCUT2D eigenvalue weighted by Crippen LogP contribution is 2.51. The van der Waals surface area contributed by atoms with E-state index >= 15 is 4.39 Å². The lowest BCUT2D eigenvalue weighted by atomic mass is 9.74. The van der Waals surface area contributed by atoms with E-state index in [9.17, 15) is 9.65 Å². The molecule has 2 aromatic carbocycles. The van der Waals surface area contributed by atoms with Crippen LogP contribution in [-0.2, 0) is 0 Å². The molecule has 6 heterocycles. The third-order valence-corrected chi connectivity index (χ3v) is 10.8. The molecule has 234 valence electrons. The number of benzene rings is 2. The van der Waals surface area contributed by atoms with Crippen LogP contribution in [0, 0.1) is 28.9 Å². The lowest BCUT2D eigenvalue weighted by Crippen LogP contribution is -2.48. The molecule has 3 aromatic heterocycles. The number of pyridine rings is 1. The van der Waals surface area contributed by atoms with Crippen LogP contribution in [0.3, 0.4) is 0 Å². The van der Waals surface area contributed by atoms with Crippen LogP contribution in [0.4, 0.5) is 25.4 Å². The average Bonchev–Trinajstić information content (AvgIpc) is 3.69. The van der Waals surface area contributed by atoms with Gasteiger partial charge in [0.1, 0.15) is 47.3 Å². The smallest absolute Gasteiger partial charge is 0.319 e. The first-order valence-electron chi connectivity index (χ1n) is 14.8. The van der Waals surface area contributed by atoms with Gasteiger partial charge in [-0.1, -0.05) is 23.7 Å². The molecule has 14 heteroatoms. The van der Waals surface area contributed by atoms with Crippen LogP contribution in [0.5, 0.6) is 11.8 Å². The summed E-state index contributed by atoms with van der Waals surface area (Å²) >= 11 is 7.93. The Bertz CT molecular complexity index is 2120. The van der Waals surface area contributed by atoms with Gasteiger partial charge in [0.25, 0.3) is 0 Å². The number of thiophene rings is 1. The Morgan fingerprint density at radius 2 is 2.09 bits per heavy atom. The van der Waals surface area contributed by atoms with Crippen LogP contribution < -0.4 is 31.2 Å². The second-order valence-electron chi connectivity index (χ2n) is 12.1. The highest BCUT2D eigenvalue weighted by molar-refractivity contribution is 7.23. The van der Waals surface area contributed by atoms with E-state index in [4.69, 9.17) is 37.5 Å². The molecule has 1 atom stereocenters. The molecule has 1 saturated carbocycles. The van der Waals surface area contributed by atoms with Crippen LogP contribution in [0.1, 0.15) is 36.9 Å². The molecule has 0 amide bonds. The van der Waals surface area contributed by atoms with Crippen molar-refractivity contribution in [2.75, 3.05) is 42.7 Å². The number of nitrogen functional groups attached to an aromatic ring is 2. The number of hydrogen-bond donors (Lipinski definition) is 3. The minimum absolute atomic E-state index is 0.00727. The number of rotatable bonds is 6. The fraction of sp³-hybridized carbons (Fsp3) is 0.312. The van der Waals surface area contributed by atoms with E-state index in [0.717, 1.165) is 36.3 Å². The van der Waals surface area contributed by atoms with Gasteiger partial charge in [0.2, 0.25) is 0 Å². The predicted octanol–water partition coefficient (Wildman–Crippen LogP) is 5.96. The van der Waals surface area contributed by atoms with E-state index in [0.29, 0.717) is 30.7 Å². The number of ether oxygens (including phenoxy) is 2. The molecule has 10 nitrogen and oxygen atoms in total. The molecule has 3 fully saturated rings. The van der Waals surface area contributed by atoms with Gasteiger partial charge in [-0.25, -0.2) is 13.8 Å². The third kappa shape index (κ3) is 4.24. The summed E-state index contributed by atoms with van der Waals surface area (Å²) in [6.07, 6.45) is 3.60. The summed E-state index contributed by atoms with van der Waals surface area (Å²) in [5.74, 6) is 0.142. The molecule has 3 aliphatic heterocycles. The SMILES string of the molecule is C[C@H](c1cccnc1N)N1CCOc2c(Cl)c(-c3ccc(F)c4sc(N)c(C#N)c34)c(F)c3nc(OCC45CC(CN4)C5)nc1c23. The van der Waals surface area contributed by atoms with E-state index in [1.54, 1.807) is 12.3 Å². The van der Waals surface area contributed by atoms with Gasteiger partial charge >= 0.3 is 6.01 Å². The first-order chi connectivity index (χ1) is 22.2. The lowest BCUT2D eigenvalue weighted by Gasteiger charge is -2.36. The Balaban J connectivity index is 1.37. The Kier molecular flexibility index (Phi) is 6.61. The van der Waals surface area contributed by atoms with E-state index < -0.39 is 11.6 Å². The summed E-state index contributed by atoms with van der Waals surface area (Å²) < 4.78 is 44.6. The van der Waals surface area contributed by atoms with Crippen molar-refractivity contribution in [2.24, 2.45) is 5.92 Å². The number of anilines is 3. The molecule has 0 spiro atoms. The lowest BCUT2D eigenvalue weighted by molar-refractivity contribution is 0.124. The molecule has 0 radical (unpaired) electrons. The maximum Gasteiger partial charge on any atom is 0.319 e. The van der Waals surface area contributed by atoms with Gasteiger partial charge in [-0.3, -0.25) is 0 Å². The van der Waals surface area contributed by atoms with Crippen LogP contribution in [-0.4, -0.2) is 46.8 Å². The van der Waals surface area contributed by atoms with Gasteiger partial charge in [0.05, 0.1) is 38.8 Å². The monoisotopic (exact) mass is 660 g/mol. The fourth-order valence-corrected chi connectivity index (χ4v) is 8.42. The van der Waals surface area contributed by atoms with Crippen molar-refractivity contribution in [1.82, 2.24) is 20.3 Å². The Labute approximate surface area is 270 Å². The van der Waals surface area contributed by atoms with Crippen LogP contribution >= 0.6 is 22.9 Å². The van der Waals surface area contributed by atoms with Crippen LogP contribution in [0.25, 0.3) is 32.1 Å². The van der Waals surface area contributed by atoms with Crippen molar-refractivity contribution in [3.63, 3.8) is 0 Å². The zero-order chi connectivity index (χ0) is 31.9. The maximum absolute atomic E-state index is 17.1. The quantitative estimate of drug-likeness (QED) is 0.199. The maximum atomic E-state index is 17.1. The second-order valence-corrected chi connectivity index (χ2v) is 13.5. The summed E-state index contributed by atoms with van der Waals surface area (Å²) in [6.45, 7) is 3.72. The number of nitriles is 1. The number of nitrogens with zero attached hydrogens (tertiary/aromatic N) is 5. The van der Waals surface area contributed by atoms with E-state index in [2.05, 4.69) is 15.3 Å². The zero-order valence-electron chi connectivity index (χ0n) is 24.5. The molecule has 1 aliphatic carbocycles. The van der Waals surface area contributed by atoms with Gasteiger partial charge in [0, 0.05) is 22.7 Å². The zero-order valence-corrected chi connectivity index (χ0v) is 26.1. The topological polar surface area (TPSA) is 148 Å². The van der Waals surface area contributed by atoms with E-state index in [-0.39, 0.29) is 77.7 Å². The summed E-state index contributed by atoms with van der Waals surface area (Å²) in [5, 5.41) is 13.9. The molecule has 46 heavy (non-hydrogen) atoms. The van der Waals surface area contributed by atoms with Gasteiger partial charge < -0.3 is 31.2 Å². The summed E-state index contributed by atoms with van der Waals surface area (Å²) in [7, 11) is 0. The molecular formula is C32H27ClF2N8O2S. The van der Waals surface area contributed by atoms with Crippen molar-refractivity contribution in [1.29, 1.82) is 5.26 Å². The summed E-state index contributed by atoms with van der Waals surface area (Å²) in [5.41, 5.74) is 13.0. The van der Waals surface area contributed by atoms with Crippen LogP contribution in [0.15, 0.2) is 30.5 Å². The Morgan fingerprint density at radius 3 is 2.83 bits per heavy atom. The van der Waals surface area contributed by atoms with Crippen molar-refractivity contribution < 1.29 is 18.3 Å². The van der Waals surface area contributed by atoms with Gasteiger partial charge in [0.15, 0.2) is 11.6 Å². The Hall–Kier alpha value is -4.51. The van der Waals surface area contributed by atoms with Crippen molar-refractivity contribution in [3.05, 3.63) is 58.2 Å². The second kappa shape index (κ2) is 10.5. The number of nitrogens with two attached hydrogens (primary N) is 2. The number of fused-ring (bicyclic) bond motifs is 2. The molecular weight excluding hydrogens is 634 g/mol. The molecule has 5 N–H and O–H groups in total. The molecule has 9 rings (SSSR count). The number of aromatic nitrogens is 3. The summed E-state index contributed by atoms with van der Waals surface area (Å²) in [6, 6.07) is 7.95. The van der Waals surface area contributed by atoms with Gasteiger partial charge in [-0.05, 0) is 49.9 Å². The first-order valence-corrected chi connectivity index (χ1v) is 16.0. The minimum atomic E-state index is -0.793. The van der Waals surface area contributed by atoms with Gasteiger partial charge in [-0.2, -0.15) is 15.2 Å². The predicted molar refractivity (Wildman–Crippen MR) is 173 cm³/mol.